The van der Waals surface area contributed by atoms with Gasteiger partial charge >= 0.3 is 0 Å². The topological polar surface area (TPSA) is 75.4 Å². The van der Waals surface area contributed by atoms with E-state index in [4.69, 9.17) is 5.73 Å². The molecule has 0 heterocycles. The van der Waals surface area contributed by atoms with Crippen LogP contribution in [0.15, 0.2) is 0 Å². The number of rotatable bonds is 8. The van der Waals surface area contributed by atoms with Gasteiger partial charge in [0.25, 0.3) is 0 Å². The largest absolute Gasteiger partial charge is 0.368 e. The van der Waals surface area contributed by atoms with E-state index >= 15 is 0 Å². The van der Waals surface area contributed by atoms with Crippen molar-refractivity contribution in [3.63, 3.8) is 0 Å². The smallest absolute Gasteiger partial charge is 0.242 e. The monoisotopic (exact) mass is 243 g/mol. The van der Waals surface area contributed by atoms with Gasteiger partial charge in [-0.1, -0.05) is 20.3 Å². The Morgan fingerprint density at radius 3 is 2.29 bits per heavy atom. The first-order valence-electron chi connectivity index (χ1n) is 6.17. The lowest BCUT2D eigenvalue weighted by atomic mass is 10.0. The first-order chi connectivity index (χ1) is 7.85. The third kappa shape index (κ3) is 5.68. The van der Waals surface area contributed by atoms with Crippen LogP contribution >= 0.6 is 0 Å². The van der Waals surface area contributed by atoms with Crippen LogP contribution in [0.1, 0.15) is 40.5 Å². The van der Waals surface area contributed by atoms with Gasteiger partial charge < -0.3 is 16.0 Å². The highest BCUT2D eigenvalue weighted by Gasteiger charge is 2.31. The number of primary amides is 1. The molecule has 3 N–H and O–H groups in total. The van der Waals surface area contributed by atoms with Gasteiger partial charge in [-0.3, -0.25) is 9.59 Å². The number of nitrogens with one attached hydrogen (secondary N) is 1. The number of nitrogens with zero attached hydrogens (tertiary/aromatic N) is 1. The van der Waals surface area contributed by atoms with E-state index in [2.05, 4.69) is 5.32 Å². The van der Waals surface area contributed by atoms with Gasteiger partial charge in [-0.15, -0.1) is 0 Å². The zero-order valence-electron chi connectivity index (χ0n) is 11.4. The Balaban J connectivity index is 4.65. The summed E-state index contributed by atoms with van der Waals surface area (Å²) in [6, 6.07) is 0. The van der Waals surface area contributed by atoms with Crippen molar-refractivity contribution < 1.29 is 9.59 Å². The summed E-state index contributed by atoms with van der Waals surface area (Å²) in [6.45, 7) is 8.90. The van der Waals surface area contributed by atoms with Crippen LogP contribution in [0.5, 0.6) is 0 Å². The van der Waals surface area contributed by atoms with E-state index in [1.54, 1.807) is 0 Å². The second-order valence-corrected chi connectivity index (χ2v) is 4.70. The number of nitrogens with two attached hydrogens (primary N) is 1. The van der Waals surface area contributed by atoms with Crippen LogP contribution in [-0.4, -0.2) is 41.9 Å². The van der Waals surface area contributed by atoms with Crippen LogP contribution in [-0.2, 0) is 9.59 Å². The van der Waals surface area contributed by atoms with Crippen molar-refractivity contribution in [2.45, 2.75) is 46.1 Å². The first-order valence-corrected chi connectivity index (χ1v) is 6.17. The van der Waals surface area contributed by atoms with E-state index in [1.807, 2.05) is 27.7 Å². The molecule has 17 heavy (non-hydrogen) atoms. The molecule has 0 aromatic rings. The van der Waals surface area contributed by atoms with Crippen molar-refractivity contribution >= 4 is 11.8 Å². The Bertz CT molecular complexity index is 264. The van der Waals surface area contributed by atoms with Crippen molar-refractivity contribution in [1.29, 1.82) is 0 Å². The summed E-state index contributed by atoms with van der Waals surface area (Å²) in [4.78, 5) is 24.8. The third-order valence-electron chi connectivity index (χ3n) is 2.57. The fourth-order valence-corrected chi connectivity index (χ4v) is 1.70. The molecule has 2 amide bonds. The molecule has 0 fully saturated rings. The van der Waals surface area contributed by atoms with Crippen molar-refractivity contribution in [2.75, 3.05) is 19.6 Å². The summed E-state index contributed by atoms with van der Waals surface area (Å²) in [5, 5.41) is 3.11. The third-order valence-corrected chi connectivity index (χ3v) is 2.57. The molecule has 0 aromatic carbocycles. The molecule has 0 saturated heterocycles. The lowest BCUT2D eigenvalue weighted by Crippen LogP contribution is -2.55. The highest BCUT2D eigenvalue weighted by atomic mass is 16.2. The van der Waals surface area contributed by atoms with Crippen LogP contribution in [0, 0.1) is 0 Å². The molecule has 5 nitrogen and oxygen atoms in total. The molecular formula is C12H25N3O2. The molecule has 0 atom stereocenters. The summed E-state index contributed by atoms with van der Waals surface area (Å²) in [5.41, 5.74) is 4.51. The second kappa shape index (κ2) is 7.27. The zero-order chi connectivity index (χ0) is 13.5. The molecule has 0 aliphatic heterocycles. The van der Waals surface area contributed by atoms with Gasteiger partial charge in [0.2, 0.25) is 11.8 Å². The number of hydrogen-bond donors (Lipinski definition) is 2. The molecule has 100 valence electrons. The quantitative estimate of drug-likeness (QED) is 0.651. The van der Waals surface area contributed by atoms with Gasteiger partial charge in [-0.05, 0) is 26.8 Å². The number of likely N-dealkylation sites (N-methyl/N-ethyl adjacent to an activating group) is 1. The molecule has 0 aromatic heterocycles. The summed E-state index contributed by atoms with van der Waals surface area (Å²) in [7, 11) is 0. The van der Waals surface area contributed by atoms with Gasteiger partial charge in [-0.25, -0.2) is 0 Å². The SMILES string of the molecule is CCCCN(CC(N)=O)C(=O)C(C)(C)NCC. The maximum atomic E-state index is 12.3. The molecule has 5 heteroatoms. The fourth-order valence-electron chi connectivity index (χ4n) is 1.70. The van der Waals surface area contributed by atoms with E-state index in [9.17, 15) is 9.59 Å². The Morgan fingerprint density at radius 2 is 1.88 bits per heavy atom. The lowest BCUT2D eigenvalue weighted by molar-refractivity contribution is -0.140. The molecule has 0 aliphatic rings. The summed E-state index contributed by atoms with van der Waals surface area (Å²) >= 11 is 0. The lowest BCUT2D eigenvalue weighted by Gasteiger charge is -2.31. The van der Waals surface area contributed by atoms with Crippen LogP contribution in [0.4, 0.5) is 0 Å². The number of unbranched alkanes of at least 4 members (excludes halogenated alkanes) is 1. The average molecular weight is 243 g/mol. The van der Waals surface area contributed by atoms with Crippen LogP contribution in [0.3, 0.4) is 0 Å². The molecule has 0 spiro atoms. The highest BCUT2D eigenvalue weighted by molar-refractivity contribution is 5.89. The maximum Gasteiger partial charge on any atom is 0.242 e. The maximum absolute atomic E-state index is 12.3. The van der Waals surface area contributed by atoms with Crippen molar-refractivity contribution in [3.8, 4) is 0 Å². The molecule has 0 saturated carbocycles. The van der Waals surface area contributed by atoms with E-state index in [0.29, 0.717) is 13.1 Å². The van der Waals surface area contributed by atoms with Crippen molar-refractivity contribution in [3.05, 3.63) is 0 Å². The Labute approximate surface area is 104 Å². The number of carbonyl (C=O) groups excluding carboxylic acids is 2. The van der Waals surface area contributed by atoms with Crippen LogP contribution < -0.4 is 11.1 Å². The average Bonchev–Trinajstić information content (AvgIpc) is 2.22. The van der Waals surface area contributed by atoms with Gasteiger partial charge in [0.15, 0.2) is 0 Å². The van der Waals surface area contributed by atoms with Crippen LogP contribution in [0.25, 0.3) is 0 Å². The minimum atomic E-state index is -0.655. The van der Waals surface area contributed by atoms with E-state index < -0.39 is 11.4 Å². The normalized spacial score (nSPS) is 11.3. The minimum absolute atomic E-state index is 0.00629. The Morgan fingerprint density at radius 1 is 1.29 bits per heavy atom. The fraction of sp³-hybridized carbons (Fsp3) is 0.833. The van der Waals surface area contributed by atoms with E-state index in [1.165, 1.54) is 4.90 Å². The highest BCUT2D eigenvalue weighted by Crippen LogP contribution is 2.09. The van der Waals surface area contributed by atoms with Gasteiger partial charge in [0.1, 0.15) is 0 Å². The standard InChI is InChI=1S/C12H25N3O2/c1-5-7-8-15(9-10(13)16)11(17)12(3,4)14-6-2/h14H,5-9H2,1-4H3,(H2,13,16). The number of hydrogen-bond acceptors (Lipinski definition) is 3. The van der Waals surface area contributed by atoms with Gasteiger partial charge in [-0.2, -0.15) is 0 Å². The summed E-state index contributed by atoms with van der Waals surface area (Å²) in [5.74, 6) is -0.548. The number of carbonyl (C=O) groups is 2. The van der Waals surface area contributed by atoms with Gasteiger partial charge in [0, 0.05) is 6.54 Å². The van der Waals surface area contributed by atoms with E-state index in [-0.39, 0.29) is 12.5 Å². The Hall–Kier alpha value is -1.10. The molecule has 0 rings (SSSR count). The molecular weight excluding hydrogens is 218 g/mol. The molecule has 0 unspecified atom stereocenters. The summed E-state index contributed by atoms with van der Waals surface area (Å²) in [6.07, 6.45) is 1.85. The zero-order valence-corrected chi connectivity index (χ0v) is 11.4. The van der Waals surface area contributed by atoms with E-state index in [0.717, 1.165) is 12.8 Å². The van der Waals surface area contributed by atoms with Crippen molar-refractivity contribution in [1.82, 2.24) is 10.2 Å². The molecule has 0 radical (unpaired) electrons. The first kappa shape index (κ1) is 15.9. The predicted molar refractivity (Wildman–Crippen MR) is 68.4 cm³/mol. The Kier molecular flexibility index (Phi) is 6.80. The predicted octanol–water partition coefficient (Wildman–Crippen LogP) is 0.489. The molecule has 0 bridgehead atoms. The van der Waals surface area contributed by atoms with Crippen LogP contribution in [0.2, 0.25) is 0 Å². The second-order valence-electron chi connectivity index (χ2n) is 4.70. The van der Waals surface area contributed by atoms with Crippen molar-refractivity contribution in [2.24, 2.45) is 5.73 Å². The number of amides is 2. The van der Waals surface area contributed by atoms with Gasteiger partial charge in [0.05, 0.1) is 12.1 Å². The summed E-state index contributed by atoms with van der Waals surface area (Å²) < 4.78 is 0. The molecule has 0 aliphatic carbocycles. The minimum Gasteiger partial charge on any atom is -0.368 e.